The van der Waals surface area contributed by atoms with Gasteiger partial charge in [0.1, 0.15) is 5.75 Å². The van der Waals surface area contributed by atoms with E-state index in [2.05, 4.69) is 15.6 Å². The van der Waals surface area contributed by atoms with Crippen LogP contribution in [0.2, 0.25) is 5.02 Å². The zero-order chi connectivity index (χ0) is 19.3. The Morgan fingerprint density at radius 3 is 2.42 bits per heavy atom. The lowest BCUT2D eigenvalue weighted by molar-refractivity contribution is 0.0948. The van der Waals surface area contributed by atoms with Gasteiger partial charge in [0.25, 0.3) is 11.8 Å². The molecule has 138 valence electrons. The summed E-state index contributed by atoms with van der Waals surface area (Å²) in [5.74, 6) is 0.128. The third-order valence-electron chi connectivity index (χ3n) is 3.66. The van der Waals surface area contributed by atoms with E-state index in [1.165, 1.54) is 25.6 Å². The molecule has 0 radical (unpaired) electrons. The Morgan fingerprint density at radius 1 is 1.15 bits per heavy atom. The number of hydrogen-bond donors (Lipinski definition) is 2. The van der Waals surface area contributed by atoms with Crippen LogP contribution in [0, 0.1) is 12.8 Å². The Morgan fingerprint density at radius 2 is 1.81 bits per heavy atom. The van der Waals surface area contributed by atoms with Crippen molar-refractivity contribution in [3.63, 3.8) is 0 Å². The van der Waals surface area contributed by atoms with Crippen molar-refractivity contribution >= 4 is 29.1 Å². The molecule has 0 atom stereocenters. The predicted molar refractivity (Wildman–Crippen MR) is 102 cm³/mol. The highest BCUT2D eigenvalue weighted by Crippen LogP contribution is 2.31. The van der Waals surface area contributed by atoms with Gasteiger partial charge in [-0.3, -0.25) is 14.6 Å². The Bertz CT molecular complexity index is 822. The van der Waals surface area contributed by atoms with Gasteiger partial charge in [-0.05, 0) is 30.5 Å². The summed E-state index contributed by atoms with van der Waals surface area (Å²) >= 11 is 6.08. The molecule has 1 aromatic heterocycles. The van der Waals surface area contributed by atoms with Crippen LogP contribution in [0.4, 0.5) is 5.69 Å². The van der Waals surface area contributed by atoms with E-state index in [9.17, 15) is 9.59 Å². The van der Waals surface area contributed by atoms with Gasteiger partial charge in [-0.1, -0.05) is 25.4 Å². The van der Waals surface area contributed by atoms with E-state index in [1.54, 1.807) is 12.1 Å². The van der Waals surface area contributed by atoms with Crippen LogP contribution in [0.3, 0.4) is 0 Å². The summed E-state index contributed by atoms with van der Waals surface area (Å²) in [6.45, 7) is 6.39. The number of halogens is 1. The maximum atomic E-state index is 12.5. The highest BCUT2D eigenvalue weighted by Gasteiger charge is 2.14. The van der Waals surface area contributed by atoms with Crippen LogP contribution in [0.1, 0.15) is 40.1 Å². The number of hydrogen-bond acceptors (Lipinski definition) is 4. The zero-order valence-corrected chi connectivity index (χ0v) is 16.0. The molecule has 0 fully saturated rings. The number of benzene rings is 1. The lowest BCUT2D eigenvalue weighted by atomic mass is 10.1. The maximum absolute atomic E-state index is 12.5. The number of aromatic nitrogens is 1. The van der Waals surface area contributed by atoms with Crippen molar-refractivity contribution in [3.05, 3.63) is 52.3 Å². The Labute approximate surface area is 157 Å². The number of ether oxygens (including phenoxy) is 1. The molecule has 0 aliphatic rings. The summed E-state index contributed by atoms with van der Waals surface area (Å²) < 4.78 is 5.26. The van der Waals surface area contributed by atoms with Crippen molar-refractivity contribution in [2.45, 2.75) is 20.8 Å². The van der Waals surface area contributed by atoms with E-state index >= 15 is 0 Å². The normalized spacial score (nSPS) is 10.5. The number of carbonyl (C=O) groups excluding carboxylic acids is 2. The molecule has 0 spiro atoms. The van der Waals surface area contributed by atoms with Gasteiger partial charge in [0, 0.05) is 30.0 Å². The molecule has 1 aromatic carbocycles. The predicted octanol–water partition coefficient (Wildman–Crippen LogP) is 3.69. The number of aryl methyl sites for hydroxylation is 1. The quantitative estimate of drug-likeness (QED) is 0.806. The summed E-state index contributed by atoms with van der Waals surface area (Å²) in [5.41, 5.74) is 1.91. The highest BCUT2D eigenvalue weighted by molar-refractivity contribution is 6.31. The van der Waals surface area contributed by atoms with Crippen molar-refractivity contribution < 1.29 is 14.3 Å². The van der Waals surface area contributed by atoms with Crippen molar-refractivity contribution in [1.82, 2.24) is 10.3 Å². The number of amides is 2. The van der Waals surface area contributed by atoms with Gasteiger partial charge in [0.05, 0.1) is 23.9 Å². The summed E-state index contributed by atoms with van der Waals surface area (Å²) in [4.78, 5) is 28.7. The second-order valence-corrected chi connectivity index (χ2v) is 6.73. The van der Waals surface area contributed by atoms with E-state index in [0.717, 1.165) is 5.56 Å². The number of nitrogens with zero attached hydrogens (tertiary/aromatic N) is 1. The molecule has 0 saturated carbocycles. The molecule has 2 N–H and O–H groups in total. The monoisotopic (exact) mass is 375 g/mol. The minimum atomic E-state index is -0.393. The molecule has 1 heterocycles. The first-order chi connectivity index (χ1) is 12.3. The second-order valence-electron chi connectivity index (χ2n) is 6.32. The molecule has 2 aromatic rings. The standard InChI is InChI=1S/C19H22ClN3O3/c1-11(2)8-22-18(24)13-6-14(10-21-9-13)19(25)23-16-5-12(3)15(20)7-17(16)26-4/h5-7,9-11H,8H2,1-4H3,(H,22,24)(H,23,25). The molecular weight excluding hydrogens is 354 g/mol. The van der Waals surface area contributed by atoms with Crippen molar-refractivity contribution in [2.24, 2.45) is 5.92 Å². The van der Waals surface area contributed by atoms with Crippen LogP contribution in [0.5, 0.6) is 5.75 Å². The Balaban J connectivity index is 2.19. The third kappa shape index (κ3) is 4.95. The van der Waals surface area contributed by atoms with Crippen LogP contribution < -0.4 is 15.4 Å². The van der Waals surface area contributed by atoms with Gasteiger partial charge in [-0.15, -0.1) is 0 Å². The third-order valence-corrected chi connectivity index (χ3v) is 4.07. The van der Waals surface area contributed by atoms with Crippen molar-refractivity contribution in [1.29, 1.82) is 0 Å². The largest absolute Gasteiger partial charge is 0.495 e. The fourth-order valence-electron chi connectivity index (χ4n) is 2.21. The van der Waals surface area contributed by atoms with Gasteiger partial charge < -0.3 is 15.4 Å². The number of nitrogens with one attached hydrogen (secondary N) is 2. The number of methoxy groups -OCH3 is 1. The fraction of sp³-hybridized carbons (Fsp3) is 0.316. The van der Waals surface area contributed by atoms with E-state index in [4.69, 9.17) is 16.3 Å². The first-order valence-electron chi connectivity index (χ1n) is 8.20. The Kier molecular flexibility index (Phi) is 6.58. The summed E-state index contributed by atoms with van der Waals surface area (Å²) in [7, 11) is 1.50. The number of rotatable bonds is 6. The topological polar surface area (TPSA) is 80.3 Å². The SMILES string of the molecule is COc1cc(Cl)c(C)cc1NC(=O)c1cncc(C(=O)NCC(C)C)c1. The molecule has 0 saturated heterocycles. The number of carbonyl (C=O) groups is 2. The van der Waals surface area contributed by atoms with E-state index < -0.39 is 5.91 Å². The smallest absolute Gasteiger partial charge is 0.257 e. The van der Waals surface area contributed by atoms with Crippen LogP contribution >= 0.6 is 11.6 Å². The fourth-order valence-corrected chi connectivity index (χ4v) is 2.37. The molecule has 0 aliphatic carbocycles. The molecule has 7 heteroatoms. The minimum Gasteiger partial charge on any atom is -0.495 e. The zero-order valence-electron chi connectivity index (χ0n) is 15.2. The van der Waals surface area contributed by atoms with Gasteiger partial charge in [-0.2, -0.15) is 0 Å². The van der Waals surface area contributed by atoms with E-state index in [0.29, 0.717) is 34.5 Å². The molecule has 0 bridgehead atoms. The maximum Gasteiger partial charge on any atom is 0.257 e. The molecule has 0 unspecified atom stereocenters. The van der Waals surface area contributed by atoms with Crippen molar-refractivity contribution in [2.75, 3.05) is 19.0 Å². The van der Waals surface area contributed by atoms with Crippen LogP contribution in [0.15, 0.2) is 30.6 Å². The van der Waals surface area contributed by atoms with Crippen LogP contribution in [0.25, 0.3) is 0 Å². The lowest BCUT2D eigenvalue weighted by Gasteiger charge is -2.13. The van der Waals surface area contributed by atoms with E-state index in [-0.39, 0.29) is 11.5 Å². The van der Waals surface area contributed by atoms with Gasteiger partial charge in [-0.25, -0.2) is 0 Å². The average molecular weight is 376 g/mol. The summed E-state index contributed by atoms with van der Waals surface area (Å²) in [6, 6.07) is 4.87. The van der Waals surface area contributed by atoms with Crippen LogP contribution in [-0.2, 0) is 0 Å². The van der Waals surface area contributed by atoms with Gasteiger partial charge >= 0.3 is 0 Å². The first-order valence-corrected chi connectivity index (χ1v) is 8.58. The van der Waals surface area contributed by atoms with E-state index in [1.807, 2.05) is 20.8 Å². The van der Waals surface area contributed by atoms with Gasteiger partial charge in [0.2, 0.25) is 0 Å². The molecule has 6 nitrogen and oxygen atoms in total. The molecule has 2 rings (SSSR count). The first kappa shape index (κ1) is 19.7. The summed E-state index contributed by atoms with van der Waals surface area (Å²) in [5, 5.41) is 6.12. The number of pyridine rings is 1. The van der Waals surface area contributed by atoms with Crippen LogP contribution in [-0.4, -0.2) is 30.5 Å². The summed E-state index contributed by atoms with van der Waals surface area (Å²) in [6.07, 6.45) is 2.84. The van der Waals surface area contributed by atoms with Gasteiger partial charge in [0.15, 0.2) is 0 Å². The Hall–Kier alpha value is -2.60. The second kappa shape index (κ2) is 8.67. The minimum absolute atomic E-state index is 0.263. The molecule has 26 heavy (non-hydrogen) atoms. The number of anilines is 1. The highest BCUT2D eigenvalue weighted by atomic mass is 35.5. The molecule has 2 amide bonds. The van der Waals surface area contributed by atoms with Crippen molar-refractivity contribution in [3.8, 4) is 5.75 Å². The lowest BCUT2D eigenvalue weighted by Crippen LogP contribution is -2.27. The molecule has 0 aliphatic heterocycles. The molecular formula is C19H22ClN3O3. The average Bonchev–Trinajstić information content (AvgIpc) is 2.62.